The van der Waals surface area contributed by atoms with E-state index in [1.54, 1.807) is 25.1 Å². The summed E-state index contributed by atoms with van der Waals surface area (Å²) in [6.07, 6.45) is 0.819. The summed E-state index contributed by atoms with van der Waals surface area (Å²) in [5.74, 6) is -0.166. The van der Waals surface area contributed by atoms with Crippen molar-refractivity contribution in [2.24, 2.45) is 0 Å². The highest BCUT2D eigenvalue weighted by molar-refractivity contribution is 9.10. The number of likely N-dealkylation sites (N-methyl/N-ethyl adjacent to an activating group) is 1. The average molecular weight is 341 g/mol. The Kier molecular flexibility index (Phi) is 6.20. The van der Waals surface area contributed by atoms with Gasteiger partial charge in [0.2, 0.25) is 5.91 Å². The van der Waals surface area contributed by atoms with Crippen molar-refractivity contribution in [2.45, 2.75) is 20.3 Å². The van der Waals surface area contributed by atoms with Crippen LogP contribution in [0, 0.1) is 6.92 Å². The number of carbonyl (C=O) groups excluding carboxylic acids is 2. The van der Waals surface area contributed by atoms with Gasteiger partial charge in [-0.1, -0.05) is 28.9 Å². The highest BCUT2D eigenvalue weighted by Crippen LogP contribution is 2.20. The maximum Gasteiger partial charge on any atom is 0.254 e. The van der Waals surface area contributed by atoms with Gasteiger partial charge in [0.25, 0.3) is 5.91 Å². The fourth-order valence-corrected chi connectivity index (χ4v) is 2.20. The van der Waals surface area contributed by atoms with Crippen molar-refractivity contribution < 1.29 is 9.59 Å². The third-order valence-electron chi connectivity index (χ3n) is 3.10. The van der Waals surface area contributed by atoms with Gasteiger partial charge in [-0.25, -0.2) is 0 Å². The lowest BCUT2D eigenvalue weighted by molar-refractivity contribution is -0.129. The molecule has 0 bridgehead atoms. The van der Waals surface area contributed by atoms with Crippen molar-refractivity contribution in [3.05, 3.63) is 33.8 Å². The van der Waals surface area contributed by atoms with E-state index in [1.165, 1.54) is 4.90 Å². The van der Waals surface area contributed by atoms with Gasteiger partial charge in [-0.3, -0.25) is 9.59 Å². The molecule has 0 unspecified atom stereocenters. The van der Waals surface area contributed by atoms with Crippen molar-refractivity contribution in [3.63, 3.8) is 0 Å². The van der Waals surface area contributed by atoms with Crippen LogP contribution in [-0.4, -0.2) is 48.8 Å². The minimum atomic E-state index is -0.0964. The van der Waals surface area contributed by atoms with Crippen molar-refractivity contribution in [1.29, 1.82) is 0 Å². The molecule has 1 aromatic rings. The summed E-state index contributed by atoms with van der Waals surface area (Å²) in [6, 6.07) is 5.54. The molecule has 0 saturated carbocycles. The van der Waals surface area contributed by atoms with Gasteiger partial charge >= 0.3 is 0 Å². The lowest BCUT2D eigenvalue weighted by atomic mass is 10.1. The third kappa shape index (κ3) is 4.07. The molecule has 0 aliphatic carbocycles. The number of benzene rings is 1. The predicted octanol–water partition coefficient (Wildman–Crippen LogP) is 2.70. The van der Waals surface area contributed by atoms with Gasteiger partial charge in [0, 0.05) is 30.7 Å². The first kappa shape index (κ1) is 16.7. The standard InChI is InChI=1S/C15H21BrN2O2/c1-5-9-18(10-14(19)17(3)4)15(20)12-7-6-8-13(16)11(12)2/h6-8H,5,9-10H2,1-4H3. The zero-order chi connectivity index (χ0) is 15.3. The number of halogens is 1. The van der Waals surface area contributed by atoms with Crippen LogP contribution in [0.4, 0.5) is 0 Å². The highest BCUT2D eigenvalue weighted by Gasteiger charge is 2.20. The molecule has 0 atom stereocenters. The van der Waals surface area contributed by atoms with E-state index < -0.39 is 0 Å². The molecule has 20 heavy (non-hydrogen) atoms. The molecule has 0 saturated heterocycles. The van der Waals surface area contributed by atoms with E-state index in [9.17, 15) is 9.59 Å². The summed E-state index contributed by atoms with van der Waals surface area (Å²) < 4.78 is 0.902. The number of hydrogen-bond donors (Lipinski definition) is 0. The molecule has 0 radical (unpaired) electrons. The molecule has 0 aliphatic rings. The Balaban J connectivity index is 2.99. The van der Waals surface area contributed by atoms with Gasteiger partial charge in [-0.05, 0) is 31.0 Å². The van der Waals surface area contributed by atoms with E-state index in [2.05, 4.69) is 15.9 Å². The minimum absolute atomic E-state index is 0.0700. The normalized spacial score (nSPS) is 10.2. The molecular weight excluding hydrogens is 320 g/mol. The summed E-state index contributed by atoms with van der Waals surface area (Å²) in [5.41, 5.74) is 1.54. The predicted molar refractivity (Wildman–Crippen MR) is 83.8 cm³/mol. The Labute approximate surface area is 128 Å². The lowest BCUT2D eigenvalue weighted by Gasteiger charge is -2.24. The van der Waals surface area contributed by atoms with E-state index in [1.807, 2.05) is 26.0 Å². The second kappa shape index (κ2) is 7.43. The molecule has 0 fully saturated rings. The second-order valence-corrected chi connectivity index (χ2v) is 5.78. The topological polar surface area (TPSA) is 40.6 Å². The van der Waals surface area contributed by atoms with Gasteiger partial charge in [0.15, 0.2) is 0 Å². The van der Waals surface area contributed by atoms with E-state index >= 15 is 0 Å². The molecule has 0 aliphatic heterocycles. The SMILES string of the molecule is CCCN(CC(=O)N(C)C)C(=O)c1cccc(Br)c1C. The first-order chi connectivity index (χ1) is 9.38. The zero-order valence-electron chi connectivity index (χ0n) is 12.4. The Morgan fingerprint density at radius 2 is 1.90 bits per heavy atom. The summed E-state index contributed by atoms with van der Waals surface area (Å²) in [7, 11) is 3.39. The first-order valence-corrected chi connectivity index (χ1v) is 7.42. The molecule has 1 rings (SSSR count). The molecule has 0 heterocycles. The fraction of sp³-hybridized carbons (Fsp3) is 0.467. The van der Waals surface area contributed by atoms with Crippen LogP contribution in [0.15, 0.2) is 22.7 Å². The first-order valence-electron chi connectivity index (χ1n) is 6.63. The summed E-state index contributed by atoms with van der Waals surface area (Å²) >= 11 is 3.43. The number of carbonyl (C=O) groups is 2. The third-order valence-corrected chi connectivity index (χ3v) is 3.96. The van der Waals surface area contributed by atoms with Gasteiger partial charge in [-0.2, -0.15) is 0 Å². The Hall–Kier alpha value is -1.36. The van der Waals surface area contributed by atoms with Crippen molar-refractivity contribution in [2.75, 3.05) is 27.2 Å². The Morgan fingerprint density at radius 3 is 2.45 bits per heavy atom. The van der Waals surface area contributed by atoms with Crippen LogP contribution in [0.2, 0.25) is 0 Å². The molecule has 5 heteroatoms. The number of amides is 2. The maximum absolute atomic E-state index is 12.6. The zero-order valence-corrected chi connectivity index (χ0v) is 14.0. The van der Waals surface area contributed by atoms with Crippen LogP contribution in [0.25, 0.3) is 0 Å². The van der Waals surface area contributed by atoms with Crippen molar-refractivity contribution in [1.82, 2.24) is 9.80 Å². The minimum Gasteiger partial charge on any atom is -0.347 e. The molecule has 0 spiro atoms. The van der Waals surface area contributed by atoms with Gasteiger partial charge in [0.1, 0.15) is 6.54 Å². The molecule has 1 aromatic carbocycles. The van der Waals surface area contributed by atoms with Crippen molar-refractivity contribution >= 4 is 27.7 Å². The smallest absolute Gasteiger partial charge is 0.254 e. The fourth-order valence-electron chi connectivity index (χ4n) is 1.84. The molecule has 0 N–H and O–H groups in total. The summed E-state index contributed by atoms with van der Waals surface area (Å²) in [5, 5.41) is 0. The summed E-state index contributed by atoms with van der Waals surface area (Å²) in [6.45, 7) is 4.58. The largest absolute Gasteiger partial charge is 0.347 e. The van der Waals surface area contributed by atoms with Crippen LogP contribution in [0.5, 0.6) is 0 Å². The highest BCUT2D eigenvalue weighted by atomic mass is 79.9. The van der Waals surface area contributed by atoms with Gasteiger partial charge in [-0.15, -0.1) is 0 Å². The number of nitrogens with zero attached hydrogens (tertiary/aromatic N) is 2. The Bertz CT molecular complexity index is 501. The average Bonchev–Trinajstić information content (AvgIpc) is 2.40. The van der Waals surface area contributed by atoms with Crippen LogP contribution < -0.4 is 0 Å². The number of hydrogen-bond acceptors (Lipinski definition) is 2. The van der Waals surface area contributed by atoms with E-state index in [-0.39, 0.29) is 18.4 Å². The Morgan fingerprint density at radius 1 is 1.25 bits per heavy atom. The van der Waals surface area contributed by atoms with E-state index in [0.717, 1.165) is 16.5 Å². The second-order valence-electron chi connectivity index (χ2n) is 4.93. The molecule has 4 nitrogen and oxygen atoms in total. The van der Waals surface area contributed by atoms with Crippen LogP contribution in [0.3, 0.4) is 0 Å². The van der Waals surface area contributed by atoms with Gasteiger partial charge < -0.3 is 9.80 Å². The molecular formula is C15H21BrN2O2. The van der Waals surface area contributed by atoms with E-state index in [0.29, 0.717) is 12.1 Å². The van der Waals surface area contributed by atoms with Crippen LogP contribution >= 0.6 is 15.9 Å². The maximum atomic E-state index is 12.6. The molecule has 110 valence electrons. The number of rotatable bonds is 5. The molecule has 2 amide bonds. The van der Waals surface area contributed by atoms with Crippen LogP contribution in [0.1, 0.15) is 29.3 Å². The van der Waals surface area contributed by atoms with Crippen molar-refractivity contribution in [3.8, 4) is 0 Å². The van der Waals surface area contributed by atoms with Crippen LogP contribution in [-0.2, 0) is 4.79 Å². The monoisotopic (exact) mass is 340 g/mol. The quantitative estimate of drug-likeness (QED) is 0.826. The lowest BCUT2D eigenvalue weighted by Crippen LogP contribution is -2.40. The van der Waals surface area contributed by atoms with E-state index in [4.69, 9.17) is 0 Å². The molecule has 0 aromatic heterocycles. The van der Waals surface area contributed by atoms with Gasteiger partial charge in [0.05, 0.1) is 0 Å². The summed E-state index contributed by atoms with van der Waals surface area (Å²) in [4.78, 5) is 27.6.